The monoisotopic (exact) mass is 533 g/mol. The molecular formula is C23H21FIN3O3. The van der Waals surface area contributed by atoms with E-state index in [0.29, 0.717) is 42.5 Å². The van der Waals surface area contributed by atoms with Crippen LogP contribution in [0, 0.1) is 15.4 Å². The van der Waals surface area contributed by atoms with Crippen molar-refractivity contribution in [3.05, 3.63) is 80.3 Å². The maximum atomic E-state index is 13.4. The predicted molar refractivity (Wildman–Crippen MR) is 125 cm³/mol. The van der Waals surface area contributed by atoms with Gasteiger partial charge in [0.25, 0.3) is 5.91 Å². The average Bonchev–Trinajstić information content (AvgIpc) is 2.78. The van der Waals surface area contributed by atoms with Crippen LogP contribution in [-0.4, -0.2) is 28.7 Å². The minimum absolute atomic E-state index is 0.0347. The third kappa shape index (κ3) is 5.37. The molecule has 0 aliphatic carbocycles. The Morgan fingerprint density at radius 1 is 1.16 bits per heavy atom. The number of hydrogen-bond donors (Lipinski definition) is 1. The van der Waals surface area contributed by atoms with Gasteiger partial charge in [-0.15, -0.1) is 0 Å². The molecule has 1 aromatic carbocycles. The highest BCUT2D eigenvalue weighted by molar-refractivity contribution is 14.1. The molecule has 4 rings (SSSR count). The van der Waals surface area contributed by atoms with Gasteiger partial charge in [-0.1, -0.05) is 12.1 Å². The predicted octanol–water partition coefficient (Wildman–Crippen LogP) is 4.33. The Morgan fingerprint density at radius 2 is 1.90 bits per heavy atom. The van der Waals surface area contributed by atoms with E-state index in [1.165, 1.54) is 12.1 Å². The highest BCUT2D eigenvalue weighted by Crippen LogP contribution is 2.21. The molecule has 0 radical (unpaired) electrons. The van der Waals surface area contributed by atoms with Gasteiger partial charge in [-0.3, -0.25) is 9.59 Å². The highest BCUT2D eigenvalue weighted by Gasteiger charge is 2.19. The second kappa shape index (κ2) is 9.69. The van der Waals surface area contributed by atoms with Crippen molar-refractivity contribution < 1.29 is 13.9 Å². The van der Waals surface area contributed by atoms with Crippen molar-refractivity contribution in [3.63, 3.8) is 0 Å². The van der Waals surface area contributed by atoms with Gasteiger partial charge in [0.2, 0.25) is 5.43 Å². The molecule has 3 aromatic rings. The number of carbonyl (C=O) groups is 1. The molecular weight excluding hydrogens is 512 g/mol. The fraction of sp³-hybridized carbons (Fsp3) is 0.261. The number of nitrogens with one attached hydrogen (secondary N) is 1. The lowest BCUT2D eigenvalue weighted by Gasteiger charge is -2.23. The number of benzene rings is 1. The van der Waals surface area contributed by atoms with Gasteiger partial charge in [0.1, 0.15) is 15.1 Å². The maximum Gasteiger partial charge on any atom is 0.261 e. The van der Waals surface area contributed by atoms with Gasteiger partial charge in [0, 0.05) is 37.7 Å². The third-order valence-corrected chi connectivity index (χ3v) is 5.91. The normalized spacial score (nSPS) is 14.4. The first kappa shape index (κ1) is 21.6. The van der Waals surface area contributed by atoms with Crippen LogP contribution in [-0.2, 0) is 11.3 Å². The van der Waals surface area contributed by atoms with Gasteiger partial charge in [-0.25, -0.2) is 9.37 Å². The second-order valence-electron chi connectivity index (χ2n) is 7.50. The molecule has 1 aliphatic heterocycles. The SMILES string of the molecule is O=C(Nc1ccc(I)nc1)c1cn(CC2CCOCC2)cc(-c2ccc(F)cc2)c1=O. The van der Waals surface area contributed by atoms with Gasteiger partial charge in [0.05, 0.1) is 11.9 Å². The van der Waals surface area contributed by atoms with Crippen LogP contribution in [0.3, 0.4) is 0 Å². The molecule has 2 aromatic heterocycles. The Kier molecular flexibility index (Phi) is 6.77. The summed E-state index contributed by atoms with van der Waals surface area (Å²) >= 11 is 2.08. The molecule has 1 fully saturated rings. The second-order valence-corrected chi connectivity index (χ2v) is 8.60. The summed E-state index contributed by atoms with van der Waals surface area (Å²) in [7, 11) is 0. The zero-order valence-electron chi connectivity index (χ0n) is 16.7. The number of hydrogen-bond acceptors (Lipinski definition) is 4. The molecule has 0 saturated carbocycles. The van der Waals surface area contributed by atoms with E-state index in [1.54, 1.807) is 42.9 Å². The average molecular weight is 533 g/mol. The first-order chi connectivity index (χ1) is 15.0. The Hall–Kier alpha value is -2.59. The molecule has 8 heteroatoms. The number of nitrogens with zero attached hydrogens (tertiary/aromatic N) is 2. The summed E-state index contributed by atoms with van der Waals surface area (Å²) in [6.45, 7) is 2.09. The largest absolute Gasteiger partial charge is 0.381 e. The lowest BCUT2D eigenvalue weighted by Crippen LogP contribution is -2.26. The summed E-state index contributed by atoms with van der Waals surface area (Å²) in [5.74, 6) is -0.488. The van der Waals surface area contributed by atoms with Crippen molar-refractivity contribution in [2.75, 3.05) is 18.5 Å². The van der Waals surface area contributed by atoms with Crippen LogP contribution in [0.4, 0.5) is 10.1 Å². The number of aromatic nitrogens is 2. The first-order valence-electron chi connectivity index (χ1n) is 10.0. The zero-order valence-corrected chi connectivity index (χ0v) is 18.8. The van der Waals surface area contributed by atoms with E-state index < -0.39 is 11.3 Å². The fourth-order valence-corrected chi connectivity index (χ4v) is 3.93. The lowest BCUT2D eigenvalue weighted by molar-refractivity contribution is 0.0612. The van der Waals surface area contributed by atoms with Gasteiger partial charge >= 0.3 is 0 Å². The van der Waals surface area contributed by atoms with Crippen LogP contribution in [0.25, 0.3) is 11.1 Å². The van der Waals surface area contributed by atoms with E-state index in [2.05, 4.69) is 32.9 Å². The molecule has 160 valence electrons. The topological polar surface area (TPSA) is 73.2 Å². The Bertz CT molecular complexity index is 1120. The van der Waals surface area contributed by atoms with Gasteiger partial charge in [0.15, 0.2) is 0 Å². The molecule has 1 amide bonds. The van der Waals surface area contributed by atoms with Crippen LogP contribution in [0.15, 0.2) is 59.8 Å². The molecule has 0 bridgehead atoms. The third-order valence-electron chi connectivity index (χ3n) is 5.27. The van der Waals surface area contributed by atoms with E-state index >= 15 is 0 Å². The molecule has 6 nitrogen and oxygen atoms in total. The minimum atomic E-state index is -0.502. The Labute approximate surface area is 192 Å². The zero-order chi connectivity index (χ0) is 21.8. The summed E-state index contributed by atoms with van der Waals surface area (Å²) in [4.78, 5) is 30.3. The van der Waals surface area contributed by atoms with Gasteiger partial charge < -0.3 is 14.6 Å². The van der Waals surface area contributed by atoms with Crippen LogP contribution in [0.1, 0.15) is 23.2 Å². The van der Waals surface area contributed by atoms with Crippen molar-refractivity contribution in [2.24, 2.45) is 5.92 Å². The Morgan fingerprint density at radius 3 is 2.58 bits per heavy atom. The van der Waals surface area contributed by atoms with Crippen molar-refractivity contribution in [3.8, 4) is 11.1 Å². The first-order valence-corrected chi connectivity index (χ1v) is 11.1. The van der Waals surface area contributed by atoms with E-state index in [4.69, 9.17) is 4.74 Å². The van der Waals surface area contributed by atoms with E-state index in [-0.39, 0.29) is 11.4 Å². The summed E-state index contributed by atoms with van der Waals surface area (Å²) < 4.78 is 21.5. The molecule has 1 aliphatic rings. The molecule has 0 spiro atoms. The summed E-state index contributed by atoms with van der Waals surface area (Å²) in [6.07, 6.45) is 6.74. The lowest BCUT2D eigenvalue weighted by atomic mass is 9.99. The molecule has 1 saturated heterocycles. The number of carbonyl (C=O) groups excluding carboxylic acids is 1. The summed E-state index contributed by atoms with van der Waals surface area (Å²) in [6, 6.07) is 9.22. The molecule has 3 heterocycles. The number of anilines is 1. The highest BCUT2D eigenvalue weighted by atomic mass is 127. The number of amides is 1. The van der Waals surface area contributed by atoms with Crippen molar-refractivity contribution in [1.82, 2.24) is 9.55 Å². The molecule has 0 atom stereocenters. The fourth-order valence-electron chi connectivity index (χ4n) is 3.61. The van der Waals surface area contributed by atoms with Crippen LogP contribution < -0.4 is 10.7 Å². The number of halogens is 2. The van der Waals surface area contributed by atoms with Gasteiger partial charge in [-0.2, -0.15) is 0 Å². The molecule has 31 heavy (non-hydrogen) atoms. The van der Waals surface area contributed by atoms with E-state index in [1.807, 2.05) is 4.57 Å². The molecule has 1 N–H and O–H groups in total. The smallest absolute Gasteiger partial charge is 0.261 e. The van der Waals surface area contributed by atoms with Crippen LogP contribution in [0.2, 0.25) is 0 Å². The minimum Gasteiger partial charge on any atom is -0.381 e. The number of rotatable bonds is 5. The van der Waals surface area contributed by atoms with Crippen molar-refractivity contribution in [1.29, 1.82) is 0 Å². The number of pyridine rings is 2. The summed E-state index contributed by atoms with van der Waals surface area (Å²) in [5, 5.41) is 2.75. The van der Waals surface area contributed by atoms with E-state index in [9.17, 15) is 14.0 Å². The van der Waals surface area contributed by atoms with Crippen LogP contribution in [0.5, 0.6) is 0 Å². The van der Waals surface area contributed by atoms with E-state index in [0.717, 1.165) is 16.5 Å². The number of ether oxygens (including phenoxy) is 1. The quantitative estimate of drug-likeness (QED) is 0.392. The Balaban J connectivity index is 1.71. The maximum absolute atomic E-state index is 13.4. The standard InChI is InChI=1S/C23H21FIN3O3/c24-17-3-1-16(2-4-17)19-13-28(12-15-7-9-31-10-8-15)14-20(22(19)29)23(30)27-18-5-6-21(25)26-11-18/h1-6,11,13-15H,7-10,12H2,(H,27,30). The summed E-state index contributed by atoms with van der Waals surface area (Å²) in [5.41, 5.74) is 1.07. The van der Waals surface area contributed by atoms with Crippen molar-refractivity contribution >= 4 is 34.2 Å². The van der Waals surface area contributed by atoms with Gasteiger partial charge in [-0.05, 0) is 71.2 Å². The molecule has 0 unspecified atom stereocenters. The van der Waals surface area contributed by atoms with Crippen LogP contribution >= 0.6 is 22.6 Å². The van der Waals surface area contributed by atoms with Crippen molar-refractivity contribution in [2.45, 2.75) is 19.4 Å².